The normalized spacial score (nSPS) is 15.9. The number of furan rings is 1. The Morgan fingerprint density at radius 1 is 1.30 bits per heavy atom. The summed E-state index contributed by atoms with van der Waals surface area (Å²) in [6.45, 7) is -1.82. The van der Waals surface area contributed by atoms with Gasteiger partial charge in [0.25, 0.3) is 0 Å². The molecule has 5 heteroatoms. The van der Waals surface area contributed by atoms with Gasteiger partial charge in [0.2, 0.25) is 5.52 Å². The highest BCUT2D eigenvalue weighted by molar-refractivity contribution is 5.98. The molecule has 0 radical (unpaired) electrons. The number of aryl methyl sites for hydroxylation is 1. The highest BCUT2D eigenvalue weighted by Crippen LogP contribution is 2.33. The van der Waals surface area contributed by atoms with Crippen molar-refractivity contribution >= 4 is 22.3 Å². The summed E-state index contributed by atoms with van der Waals surface area (Å²) in [6.07, 6.45) is 3.31. The van der Waals surface area contributed by atoms with Crippen molar-refractivity contribution in [2.75, 3.05) is 0 Å². The third-order valence-corrected chi connectivity index (χ3v) is 3.77. The van der Waals surface area contributed by atoms with Crippen molar-refractivity contribution in [2.24, 2.45) is 6.98 Å². The highest BCUT2D eigenvalue weighted by atomic mass is 16.3. The second-order valence-corrected chi connectivity index (χ2v) is 4.86. The molecule has 0 unspecified atom stereocenters. The summed E-state index contributed by atoms with van der Waals surface area (Å²) in [5.41, 5.74) is 3.80. The molecule has 5 rings (SSSR count). The van der Waals surface area contributed by atoms with E-state index in [2.05, 4.69) is 9.97 Å². The third-order valence-electron chi connectivity index (χ3n) is 3.77. The molecule has 0 bridgehead atoms. The molecule has 0 N–H and O–H groups in total. The number of aromatic nitrogens is 4. The molecule has 0 amide bonds. The van der Waals surface area contributed by atoms with E-state index >= 15 is 0 Å². The Bertz CT molecular complexity index is 1090. The van der Waals surface area contributed by atoms with Crippen LogP contribution in [0, 0.1) is 0 Å². The molecule has 20 heavy (non-hydrogen) atoms. The molecule has 0 saturated heterocycles. The number of rotatable bonds is 0. The van der Waals surface area contributed by atoms with E-state index in [0.29, 0.717) is 40.4 Å². The molecular formula is C15H11N4O+. The average molecular weight is 266 g/mol. The molecule has 1 aliphatic rings. The Labute approximate surface area is 118 Å². The Morgan fingerprint density at radius 3 is 3.15 bits per heavy atom. The molecule has 5 heterocycles. The second-order valence-electron chi connectivity index (χ2n) is 4.86. The molecule has 0 atom stereocenters. The van der Waals surface area contributed by atoms with Crippen molar-refractivity contribution in [1.82, 2.24) is 14.5 Å². The zero-order chi connectivity index (χ0) is 15.8. The molecule has 4 aromatic rings. The maximum absolute atomic E-state index is 7.98. The lowest BCUT2D eigenvalue weighted by atomic mass is 10.2. The highest BCUT2D eigenvalue weighted by Gasteiger charge is 2.37. The minimum atomic E-state index is -2.35. The van der Waals surface area contributed by atoms with Crippen LogP contribution in [0.15, 0.2) is 41.1 Å². The predicted molar refractivity (Wildman–Crippen MR) is 73.0 cm³/mol. The monoisotopic (exact) mass is 266 g/mol. The van der Waals surface area contributed by atoms with Gasteiger partial charge in [-0.1, -0.05) is 6.07 Å². The van der Waals surface area contributed by atoms with E-state index in [4.69, 9.17) is 8.53 Å². The predicted octanol–water partition coefficient (Wildman–Crippen LogP) is 2.03. The van der Waals surface area contributed by atoms with E-state index in [1.165, 1.54) is 4.57 Å². The van der Waals surface area contributed by atoms with Gasteiger partial charge >= 0.3 is 11.5 Å². The molecule has 0 saturated carbocycles. The van der Waals surface area contributed by atoms with Crippen LogP contribution in [-0.4, -0.2) is 14.5 Å². The number of fused-ring (bicyclic) bond motifs is 7. The van der Waals surface area contributed by atoms with Gasteiger partial charge in [-0.25, -0.2) is 14.5 Å². The Balaban J connectivity index is 2.01. The van der Waals surface area contributed by atoms with Gasteiger partial charge in [-0.15, -0.1) is 0 Å². The maximum Gasteiger partial charge on any atom is 0.341 e. The van der Waals surface area contributed by atoms with Crippen molar-refractivity contribution in [1.29, 1.82) is 0 Å². The first kappa shape index (κ1) is 7.79. The molecular weight excluding hydrogens is 252 g/mol. The Morgan fingerprint density at radius 2 is 2.20 bits per heavy atom. The smallest absolute Gasteiger partial charge is 0.341 e. The Kier molecular flexibility index (Phi) is 1.27. The summed E-state index contributed by atoms with van der Waals surface area (Å²) < 4.78 is 33.0. The van der Waals surface area contributed by atoms with Gasteiger partial charge in [-0.3, -0.25) is 0 Å². The van der Waals surface area contributed by atoms with Gasteiger partial charge in [-0.2, -0.15) is 4.57 Å². The fraction of sp³-hybridized carbons (Fsp3) is 0.133. The molecule has 1 aliphatic heterocycles. The van der Waals surface area contributed by atoms with Crippen LogP contribution >= 0.6 is 0 Å². The van der Waals surface area contributed by atoms with E-state index in [9.17, 15) is 0 Å². The van der Waals surface area contributed by atoms with Crippen molar-refractivity contribution in [3.8, 4) is 11.5 Å². The molecule has 0 aliphatic carbocycles. The van der Waals surface area contributed by atoms with Crippen LogP contribution in [0.25, 0.3) is 33.8 Å². The van der Waals surface area contributed by atoms with Crippen LogP contribution in [0.2, 0.25) is 0 Å². The summed E-state index contributed by atoms with van der Waals surface area (Å²) in [5.74, 6) is 0.543. The van der Waals surface area contributed by atoms with Crippen molar-refractivity contribution in [3.05, 3.63) is 42.2 Å². The van der Waals surface area contributed by atoms with Gasteiger partial charge in [-0.05, 0) is 18.2 Å². The van der Waals surface area contributed by atoms with Gasteiger partial charge in [0.1, 0.15) is 6.54 Å². The first-order valence-corrected chi connectivity index (χ1v) is 6.32. The fourth-order valence-electron chi connectivity index (χ4n) is 2.93. The van der Waals surface area contributed by atoms with Gasteiger partial charge in [0, 0.05) is 18.0 Å². The van der Waals surface area contributed by atoms with Crippen LogP contribution in [0.4, 0.5) is 0 Å². The zero-order valence-corrected chi connectivity index (χ0v) is 10.4. The van der Waals surface area contributed by atoms with Crippen LogP contribution < -0.4 is 4.57 Å². The van der Waals surface area contributed by atoms with E-state index in [-0.39, 0.29) is 0 Å². The molecule has 0 aromatic carbocycles. The number of pyridine rings is 2. The lowest BCUT2D eigenvalue weighted by Gasteiger charge is -1.93. The van der Waals surface area contributed by atoms with Crippen LogP contribution in [0.5, 0.6) is 0 Å². The Hall–Kier alpha value is -2.69. The van der Waals surface area contributed by atoms with E-state index in [1.807, 2.05) is 16.7 Å². The van der Waals surface area contributed by atoms with Crippen LogP contribution in [-0.2, 0) is 13.5 Å². The molecule has 96 valence electrons. The number of nitrogens with zero attached hydrogens (tertiary/aromatic N) is 4. The minimum absolute atomic E-state index is 0.493. The largest absolute Gasteiger partial charge is 0.417 e. The quantitative estimate of drug-likeness (QED) is 0.403. The zero-order valence-electron chi connectivity index (χ0n) is 13.4. The number of hydrogen-bond donors (Lipinski definition) is 0. The van der Waals surface area contributed by atoms with E-state index in [1.54, 1.807) is 24.5 Å². The first-order chi connectivity index (χ1) is 11.1. The minimum Gasteiger partial charge on any atom is -0.417 e. The first-order valence-electron chi connectivity index (χ1n) is 7.82. The van der Waals surface area contributed by atoms with Crippen LogP contribution in [0.3, 0.4) is 0 Å². The maximum atomic E-state index is 7.98. The van der Waals surface area contributed by atoms with Crippen molar-refractivity contribution < 1.29 is 13.1 Å². The number of imidazole rings is 1. The summed E-state index contributed by atoms with van der Waals surface area (Å²) in [4.78, 5) is 8.69. The van der Waals surface area contributed by atoms with Crippen LogP contribution in [0.1, 0.15) is 9.68 Å². The number of hydrogen-bond acceptors (Lipinski definition) is 3. The topological polar surface area (TPSA) is 47.7 Å². The summed E-state index contributed by atoms with van der Waals surface area (Å²) in [7, 11) is 0. The molecule has 4 aromatic heterocycles. The summed E-state index contributed by atoms with van der Waals surface area (Å²) in [5, 5.41) is 0. The lowest BCUT2D eigenvalue weighted by molar-refractivity contribution is -0.652. The fourth-order valence-corrected chi connectivity index (χ4v) is 2.93. The SMILES string of the molecule is [2H]C([2H])([2H])n1c2[n+](c3oc4cccnc4c31)Cc1cccnc1-2. The van der Waals surface area contributed by atoms with Gasteiger partial charge in [0.05, 0.1) is 11.1 Å². The van der Waals surface area contributed by atoms with Crippen molar-refractivity contribution in [2.45, 2.75) is 6.54 Å². The van der Waals surface area contributed by atoms with E-state index in [0.717, 1.165) is 5.56 Å². The molecule has 5 nitrogen and oxygen atoms in total. The lowest BCUT2D eigenvalue weighted by Crippen LogP contribution is -2.31. The van der Waals surface area contributed by atoms with Gasteiger partial charge < -0.3 is 4.42 Å². The van der Waals surface area contributed by atoms with Crippen molar-refractivity contribution in [3.63, 3.8) is 0 Å². The standard InChI is InChI=1S/C15H11N4O/c1-18-13-12-10(5-3-7-17-12)20-15(13)19-8-9-4-2-6-16-11(9)14(18)19/h2-7H,8H2,1H3/q+1/i1D3. The van der Waals surface area contributed by atoms with Gasteiger partial charge in [0.15, 0.2) is 16.8 Å². The van der Waals surface area contributed by atoms with E-state index < -0.39 is 6.98 Å². The third kappa shape index (κ3) is 1.02. The summed E-state index contributed by atoms with van der Waals surface area (Å²) >= 11 is 0. The second kappa shape index (κ2) is 3.25. The molecule has 0 spiro atoms. The molecule has 0 fully saturated rings. The average Bonchev–Trinajstić information content (AvgIpc) is 3.13. The summed E-state index contributed by atoms with van der Waals surface area (Å²) in [6, 6.07) is 7.36.